The van der Waals surface area contributed by atoms with Gasteiger partial charge in [-0.1, -0.05) is 47.1 Å². The van der Waals surface area contributed by atoms with Crippen molar-refractivity contribution in [2.75, 3.05) is 31.1 Å². The predicted octanol–water partition coefficient (Wildman–Crippen LogP) is 3.43. The Labute approximate surface area is 158 Å². The van der Waals surface area contributed by atoms with Crippen LogP contribution in [0.25, 0.3) is 0 Å². The molecular weight excluding hydrogens is 350 g/mol. The molecule has 1 unspecified atom stereocenters. The van der Waals surface area contributed by atoms with Gasteiger partial charge >= 0.3 is 0 Å². The summed E-state index contributed by atoms with van der Waals surface area (Å²) in [5, 5.41) is 4.59. The number of para-hydroxylation sites is 1. The molecule has 1 heterocycles. The molecule has 1 atom stereocenters. The lowest BCUT2D eigenvalue weighted by molar-refractivity contribution is -0.142. The monoisotopic (exact) mass is 371 g/mol. The van der Waals surface area contributed by atoms with Crippen molar-refractivity contribution in [1.82, 2.24) is 4.90 Å². The normalized spacial score (nSPS) is 15.9. The van der Waals surface area contributed by atoms with Gasteiger partial charge in [0.1, 0.15) is 0 Å². The summed E-state index contributed by atoms with van der Waals surface area (Å²) in [6, 6.07) is 17.5. The first-order valence-corrected chi connectivity index (χ1v) is 9.05. The number of anilines is 1. The van der Waals surface area contributed by atoms with Gasteiger partial charge < -0.3 is 14.6 Å². The summed E-state index contributed by atoms with van der Waals surface area (Å²) in [5.74, 6) is -0.0361. The van der Waals surface area contributed by atoms with E-state index in [2.05, 4.69) is 22.2 Å². The van der Waals surface area contributed by atoms with Crippen LogP contribution in [-0.4, -0.2) is 49.3 Å². The van der Waals surface area contributed by atoms with E-state index in [9.17, 15) is 4.79 Å². The van der Waals surface area contributed by atoms with Crippen LogP contribution in [0.4, 0.5) is 5.69 Å². The third-order valence-corrected chi connectivity index (χ3v) is 4.60. The number of nitrogens with zero attached hydrogens (tertiary/aromatic N) is 3. The molecule has 1 fully saturated rings. The number of amides is 1. The fourth-order valence-electron chi connectivity index (χ4n) is 2.86. The lowest BCUT2D eigenvalue weighted by atomic mass is 10.2. The Bertz CT molecular complexity index is 741. The molecule has 0 saturated carbocycles. The zero-order valence-corrected chi connectivity index (χ0v) is 15.5. The number of oxime groups is 1. The van der Waals surface area contributed by atoms with Gasteiger partial charge in [-0.05, 0) is 36.8 Å². The average Bonchev–Trinajstić information content (AvgIpc) is 2.69. The highest BCUT2D eigenvalue weighted by Crippen LogP contribution is 2.16. The molecule has 1 aliphatic heterocycles. The molecule has 136 valence electrons. The Balaban J connectivity index is 1.47. The molecule has 0 bridgehead atoms. The molecule has 0 N–H and O–H groups in total. The van der Waals surface area contributed by atoms with Crippen molar-refractivity contribution in [1.29, 1.82) is 0 Å². The van der Waals surface area contributed by atoms with Gasteiger partial charge in [-0.3, -0.25) is 4.79 Å². The molecule has 0 aliphatic carbocycles. The summed E-state index contributed by atoms with van der Waals surface area (Å²) >= 11 is 5.84. The van der Waals surface area contributed by atoms with Crippen LogP contribution in [0.15, 0.2) is 59.8 Å². The largest absolute Gasteiger partial charge is 0.383 e. The first kappa shape index (κ1) is 18.3. The summed E-state index contributed by atoms with van der Waals surface area (Å²) < 4.78 is 0. The first-order chi connectivity index (χ1) is 12.6. The third kappa shape index (κ3) is 4.76. The number of rotatable bonds is 5. The van der Waals surface area contributed by atoms with E-state index in [0.717, 1.165) is 18.7 Å². The Kier molecular flexibility index (Phi) is 6.12. The van der Waals surface area contributed by atoms with Crippen molar-refractivity contribution < 1.29 is 9.63 Å². The van der Waals surface area contributed by atoms with Gasteiger partial charge in [-0.15, -0.1) is 0 Å². The second-order valence-corrected chi connectivity index (χ2v) is 6.62. The van der Waals surface area contributed by atoms with Crippen LogP contribution in [0, 0.1) is 0 Å². The second-order valence-electron chi connectivity index (χ2n) is 6.18. The van der Waals surface area contributed by atoms with Crippen LogP contribution in [0.5, 0.6) is 0 Å². The van der Waals surface area contributed by atoms with Gasteiger partial charge in [0.15, 0.2) is 0 Å². The van der Waals surface area contributed by atoms with Crippen molar-refractivity contribution in [2.24, 2.45) is 5.16 Å². The van der Waals surface area contributed by atoms with Gasteiger partial charge in [0.25, 0.3) is 5.91 Å². The standard InChI is InChI=1S/C20H22ClN3O2/c1-16(26-22-15-17-7-9-18(21)10-8-17)20(25)24-13-11-23(12-14-24)19-5-3-2-4-6-19/h2-10,15-16H,11-14H2,1H3/b22-15+. The molecule has 26 heavy (non-hydrogen) atoms. The number of hydrogen-bond donors (Lipinski definition) is 0. The maximum Gasteiger partial charge on any atom is 0.266 e. The van der Waals surface area contributed by atoms with E-state index < -0.39 is 6.10 Å². The highest BCUT2D eigenvalue weighted by molar-refractivity contribution is 6.30. The minimum atomic E-state index is -0.609. The van der Waals surface area contributed by atoms with E-state index in [1.165, 1.54) is 5.69 Å². The quantitative estimate of drug-likeness (QED) is 0.597. The SMILES string of the molecule is CC(O/N=C/c1ccc(Cl)cc1)C(=O)N1CCN(c2ccccc2)CC1. The Morgan fingerprint density at radius 1 is 1.08 bits per heavy atom. The number of carbonyl (C=O) groups is 1. The van der Waals surface area contributed by atoms with Crippen molar-refractivity contribution in [2.45, 2.75) is 13.0 Å². The number of carbonyl (C=O) groups excluding carboxylic acids is 1. The number of benzene rings is 2. The van der Waals surface area contributed by atoms with Gasteiger partial charge in [-0.25, -0.2) is 0 Å². The van der Waals surface area contributed by atoms with Crippen LogP contribution in [-0.2, 0) is 9.63 Å². The van der Waals surface area contributed by atoms with E-state index in [4.69, 9.17) is 16.4 Å². The fourth-order valence-corrected chi connectivity index (χ4v) is 2.98. The number of hydrogen-bond acceptors (Lipinski definition) is 4. The summed E-state index contributed by atoms with van der Waals surface area (Å²) in [6.45, 7) is 4.72. The molecule has 1 amide bonds. The number of halogens is 1. The third-order valence-electron chi connectivity index (χ3n) is 4.35. The smallest absolute Gasteiger partial charge is 0.266 e. The second kappa shape index (κ2) is 8.72. The molecule has 0 spiro atoms. The zero-order chi connectivity index (χ0) is 18.4. The Morgan fingerprint density at radius 3 is 2.38 bits per heavy atom. The molecular formula is C20H22ClN3O2. The van der Waals surface area contributed by atoms with E-state index in [-0.39, 0.29) is 5.91 Å². The predicted molar refractivity (Wildman–Crippen MR) is 105 cm³/mol. The number of piperazine rings is 1. The van der Waals surface area contributed by atoms with Gasteiger partial charge in [0.05, 0.1) is 6.21 Å². The maximum atomic E-state index is 12.5. The minimum absolute atomic E-state index is 0.0361. The van der Waals surface area contributed by atoms with E-state index in [1.54, 1.807) is 25.3 Å². The maximum absolute atomic E-state index is 12.5. The van der Waals surface area contributed by atoms with Crippen molar-refractivity contribution in [3.05, 3.63) is 65.2 Å². The van der Waals surface area contributed by atoms with Crippen LogP contribution >= 0.6 is 11.6 Å². The average molecular weight is 372 g/mol. The molecule has 1 saturated heterocycles. The van der Waals surface area contributed by atoms with Crippen molar-refractivity contribution in [3.63, 3.8) is 0 Å². The molecule has 0 radical (unpaired) electrons. The molecule has 5 nitrogen and oxygen atoms in total. The first-order valence-electron chi connectivity index (χ1n) is 8.67. The van der Waals surface area contributed by atoms with E-state index in [0.29, 0.717) is 18.1 Å². The highest BCUT2D eigenvalue weighted by atomic mass is 35.5. The van der Waals surface area contributed by atoms with E-state index >= 15 is 0 Å². The topological polar surface area (TPSA) is 45.1 Å². The van der Waals surface area contributed by atoms with Crippen LogP contribution < -0.4 is 4.90 Å². The fraction of sp³-hybridized carbons (Fsp3) is 0.300. The molecule has 2 aromatic carbocycles. The van der Waals surface area contributed by atoms with Crippen LogP contribution in [0.2, 0.25) is 5.02 Å². The van der Waals surface area contributed by atoms with Crippen LogP contribution in [0.1, 0.15) is 12.5 Å². The van der Waals surface area contributed by atoms with Gasteiger partial charge in [-0.2, -0.15) is 0 Å². The van der Waals surface area contributed by atoms with Crippen molar-refractivity contribution in [3.8, 4) is 0 Å². The Morgan fingerprint density at radius 2 is 1.73 bits per heavy atom. The summed E-state index contributed by atoms with van der Waals surface area (Å²) in [7, 11) is 0. The van der Waals surface area contributed by atoms with Crippen molar-refractivity contribution >= 4 is 29.4 Å². The lowest BCUT2D eigenvalue weighted by Gasteiger charge is -2.36. The summed E-state index contributed by atoms with van der Waals surface area (Å²) in [5.41, 5.74) is 2.06. The van der Waals surface area contributed by atoms with E-state index in [1.807, 2.05) is 35.2 Å². The molecule has 3 rings (SSSR count). The van der Waals surface area contributed by atoms with Gasteiger partial charge in [0, 0.05) is 36.9 Å². The molecule has 6 heteroatoms. The summed E-state index contributed by atoms with van der Waals surface area (Å²) in [6.07, 6.45) is 0.967. The van der Waals surface area contributed by atoms with Gasteiger partial charge in [0.2, 0.25) is 6.10 Å². The van der Waals surface area contributed by atoms with Crippen LogP contribution in [0.3, 0.4) is 0 Å². The Hall–Kier alpha value is -2.53. The summed E-state index contributed by atoms with van der Waals surface area (Å²) in [4.78, 5) is 22.0. The minimum Gasteiger partial charge on any atom is -0.383 e. The zero-order valence-electron chi connectivity index (χ0n) is 14.7. The highest BCUT2D eigenvalue weighted by Gasteiger charge is 2.26. The lowest BCUT2D eigenvalue weighted by Crippen LogP contribution is -2.51. The molecule has 0 aromatic heterocycles. The molecule has 2 aromatic rings. The molecule has 1 aliphatic rings.